The van der Waals surface area contributed by atoms with Crippen molar-refractivity contribution < 1.29 is 13.9 Å². The number of aromatic nitrogens is 2. The summed E-state index contributed by atoms with van der Waals surface area (Å²) in [7, 11) is 0. The molecule has 3 rings (SSSR count). The van der Waals surface area contributed by atoms with Gasteiger partial charge in [-0.05, 0) is 42.5 Å². The number of hydrogen-bond acceptors (Lipinski definition) is 3. The second-order valence-electron chi connectivity index (χ2n) is 4.92. The minimum Gasteiger partial charge on any atom is -0.462 e. The lowest BCUT2D eigenvalue weighted by Gasteiger charge is -2.19. The van der Waals surface area contributed by atoms with E-state index >= 15 is 0 Å². The van der Waals surface area contributed by atoms with Gasteiger partial charge in [-0.25, -0.2) is 9.37 Å². The number of halogens is 4. The summed E-state index contributed by atoms with van der Waals surface area (Å²) in [6.45, 7) is 0. The molecule has 0 amide bonds. The number of rotatable bonds is 5. The number of Topliss-reactive ketones (excluding diaryl/α,β-unsaturated/α-hetero) is 1. The maximum absolute atomic E-state index is 13.0. The molecule has 0 fully saturated rings. The third kappa shape index (κ3) is 4.51. The van der Waals surface area contributed by atoms with Gasteiger partial charge in [0.15, 0.2) is 0 Å². The zero-order valence-electron chi connectivity index (χ0n) is 12.6. The standard InChI is InChI=1S/C17H11Cl2FN2O2.ClH/c18-11-1-6-14(15(19)9-11)16(23)17(22-8-7-21-10-22)24-13-4-2-12(20)3-5-13;/h1-10,17H;1H. The SMILES string of the molecule is Cl.O=C(c1ccc(Cl)cc1Cl)C(Oc1ccc(F)cc1)n1ccnc1. The maximum atomic E-state index is 13.0. The molecule has 8 heteroatoms. The van der Waals surface area contributed by atoms with E-state index in [1.54, 1.807) is 12.3 Å². The van der Waals surface area contributed by atoms with E-state index < -0.39 is 12.0 Å². The van der Waals surface area contributed by atoms with Crippen LogP contribution in [0.1, 0.15) is 16.6 Å². The Morgan fingerprint density at radius 2 is 1.88 bits per heavy atom. The Bertz CT molecular complexity index is 855. The van der Waals surface area contributed by atoms with Crippen LogP contribution in [-0.2, 0) is 0 Å². The fourth-order valence-electron chi connectivity index (χ4n) is 2.12. The lowest BCUT2D eigenvalue weighted by Crippen LogP contribution is -2.24. The third-order valence-corrected chi connectivity index (χ3v) is 3.83. The Labute approximate surface area is 159 Å². The molecule has 1 aromatic heterocycles. The monoisotopic (exact) mass is 400 g/mol. The summed E-state index contributed by atoms with van der Waals surface area (Å²) < 4.78 is 20.3. The highest BCUT2D eigenvalue weighted by atomic mass is 35.5. The average Bonchev–Trinajstić information content (AvgIpc) is 3.08. The van der Waals surface area contributed by atoms with Crippen molar-refractivity contribution in [2.45, 2.75) is 6.23 Å². The second kappa shape index (κ2) is 8.34. The number of hydrogen-bond donors (Lipinski definition) is 0. The molecule has 0 saturated heterocycles. The van der Waals surface area contributed by atoms with Gasteiger partial charge in [0.2, 0.25) is 12.0 Å². The van der Waals surface area contributed by atoms with Crippen LogP contribution in [-0.4, -0.2) is 15.3 Å². The molecule has 1 heterocycles. The van der Waals surface area contributed by atoms with Gasteiger partial charge in [0, 0.05) is 23.0 Å². The van der Waals surface area contributed by atoms with Gasteiger partial charge in [0.25, 0.3) is 0 Å². The van der Waals surface area contributed by atoms with Gasteiger partial charge in [-0.3, -0.25) is 9.36 Å². The normalized spacial score (nSPS) is 11.5. The summed E-state index contributed by atoms with van der Waals surface area (Å²) in [5.74, 6) is -0.430. The number of nitrogens with zero attached hydrogens (tertiary/aromatic N) is 2. The minimum absolute atomic E-state index is 0. The van der Waals surface area contributed by atoms with Crippen molar-refractivity contribution in [3.8, 4) is 5.75 Å². The van der Waals surface area contributed by atoms with Crippen LogP contribution in [0.5, 0.6) is 5.75 Å². The van der Waals surface area contributed by atoms with Crippen molar-refractivity contribution >= 4 is 41.4 Å². The van der Waals surface area contributed by atoms with Gasteiger partial charge in [-0.15, -0.1) is 12.4 Å². The van der Waals surface area contributed by atoms with Gasteiger partial charge in [0.05, 0.1) is 11.3 Å². The first-order valence-electron chi connectivity index (χ1n) is 6.93. The van der Waals surface area contributed by atoms with E-state index in [1.807, 2.05) is 0 Å². The van der Waals surface area contributed by atoms with E-state index in [-0.39, 0.29) is 28.8 Å². The van der Waals surface area contributed by atoms with Crippen molar-refractivity contribution in [1.29, 1.82) is 0 Å². The quantitative estimate of drug-likeness (QED) is 0.551. The molecule has 130 valence electrons. The Hall–Kier alpha value is -2.08. The van der Waals surface area contributed by atoms with Crippen molar-refractivity contribution in [3.05, 3.63) is 82.6 Å². The topological polar surface area (TPSA) is 44.1 Å². The van der Waals surface area contributed by atoms with E-state index in [0.29, 0.717) is 10.8 Å². The highest BCUT2D eigenvalue weighted by molar-refractivity contribution is 6.36. The molecule has 2 aromatic carbocycles. The lowest BCUT2D eigenvalue weighted by molar-refractivity contribution is 0.0653. The Kier molecular flexibility index (Phi) is 6.42. The Balaban J connectivity index is 0.00000225. The number of benzene rings is 2. The molecule has 0 bridgehead atoms. The van der Waals surface area contributed by atoms with Crippen LogP contribution < -0.4 is 4.74 Å². The molecule has 0 aliphatic heterocycles. The average molecular weight is 402 g/mol. The zero-order valence-corrected chi connectivity index (χ0v) is 14.9. The van der Waals surface area contributed by atoms with Crippen molar-refractivity contribution in [2.75, 3.05) is 0 Å². The summed E-state index contributed by atoms with van der Waals surface area (Å²) in [5, 5.41) is 0.649. The zero-order chi connectivity index (χ0) is 17.1. The molecule has 0 saturated carbocycles. The third-order valence-electron chi connectivity index (χ3n) is 3.28. The van der Waals surface area contributed by atoms with Crippen LogP contribution in [0.25, 0.3) is 0 Å². The van der Waals surface area contributed by atoms with Crippen LogP contribution in [0.15, 0.2) is 61.2 Å². The number of imidazole rings is 1. The molecule has 0 spiro atoms. The molecule has 1 unspecified atom stereocenters. The van der Waals surface area contributed by atoms with Gasteiger partial charge >= 0.3 is 0 Å². The van der Waals surface area contributed by atoms with Gasteiger partial charge in [-0.1, -0.05) is 23.2 Å². The number of carbonyl (C=O) groups excluding carboxylic acids is 1. The van der Waals surface area contributed by atoms with Crippen LogP contribution in [0, 0.1) is 5.82 Å². The first-order chi connectivity index (χ1) is 11.5. The molecular formula is C17H12Cl3FN2O2. The molecule has 0 radical (unpaired) electrons. The summed E-state index contributed by atoms with van der Waals surface area (Å²) in [5.41, 5.74) is 0.266. The molecule has 0 N–H and O–H groups in total. The van der Waals surface area contributed by atoms with Gasteiger partial charge in [-0.2, -0.15) is 0 Å². The second-order valence-corrected chi connectivity index (χ2v) is 5.77. The van der Waals surface area contributed by atoms with E-state index in [9.17, 15) is 9.18 Å². The summed E-state index contributed by atoms with van der Waals surface area (Å²) >= 11 is 12.0. The summed E-state index contributed by atoms with van der Waals surface area (Å²) in [6.07, 6.45) is 3.54. The van der Waals surface area contributed by atoms with Crippen molar-refractivity contribution in [3.63, 3.8) is 0 Å². The predicted octanol–water partition coefficient (Wildman–Crippen LogP) is 5.21. The molecule has 1 atom stereocenters. The van der Waals surface area contributed by atoms with E-state index in [4.69, 9.17) is 27.9 Å². The largest absolute Gasteiger partial charge is 0.462 e. The fraction of sp³-hybridized carbons (Fsp3) is 0.0588. The highest BCUT2D eigenvalue weighted by Gasteiger charge is 2.25. The first kappa shape index (κ1) is 19.2. The molecule has 25 heavy (non-hydrogen) atoms. The minimum atomic E-state index is -1.03. The smallest absolute Gasteiger partial charge is 0.241 e. The molecule has 4 nitrogen and oxygen atoms in total. The van der Waals surface area contributed by atoms with Crippen molar-refractivity contribution in [1.82, 2.24) is 9.55 Å². The lowest BCUT2D eigenvalue weighted by atomic mass is 10.1. The van der Waals surface area contributed by atoms with Crippen LogP contribution >= 0.6 is 35.6 Å². The van der Waals surface area contributed by atoms with Gasteiger partial charge < -0.3 is 4.74 Å². The number of carbonyl (C=O) groups is 1. The first-order valence-corrected chi connectivity index (χ1v) is 7.69. The molecule has 3 aromatic rings. The summed E-state index contributed by atoms with van der Waals surface area (Å²) in [6, 6.07) is 9.97. The van der Waals surface area contributed by atoms with E-state index in [2.05, 4.69) is 4.98 Å². The molecular weight excluding hydrogens is 390 g/mol. The Morgan fingerprint density at radius 1 is 1.16 bits per heavy atom. The Morgan fingerprint density at radius 3 is 2.48 bits per heavy atom. The van der Waals surface area contributed by atoms with E-state index in [1.165, 1.54) is 53.5 Å². The summed E-state index contributed by atoms with van der Waals surface area (Å²) in [4.78, 5) is 16.8. The van der Waals surface area contributed by atoms with Crippen molar-refractivity contribution in [2.24, 2.45) is 0 Å². The van der Waals surface area contributed by atoms with Crippen LogP contribution in [0.3, 0.4) is 0 Å². The molecule has 0 aliphatic rings. The maximum Gasteiger partial charge on any atom is 0.241 e. The number of ether oxygens (including phenoxy) is 1. The highest BCUT2D eigenvalue weighted by Crippen LogP contribution is 2.27. The number of ketones is 1. The van der Waals surface area contributed by atoms with Crippen LogP contribution in [0.2, 0.25) is 10.0 Å². The fourth-order valence-corrected chi connectivity index (χ4v) is 2.62. The predicted molar refractivity (Wildman–Crippen MR) is 96.3 cm³/mol. The van der Waals surface area contributed by atoms with E-state index in [0.717, 1.165) is 0 Å². The van der Waals surface area contributed by atoms with Crippen LogP contribution in [0.4, 0.5) is 4.39 Å². The molecule has 0 aliphatic carbocycles. The van der Waals surface area contributed by atoms with Gasteiger partial charge in [0.1, 0.15) is 11.6 Å².